The van der Waals surface area contributed by atoms with Gasteiger partial charge in [-0.25, -0.2) is 0 Å². The summed E-state index contributed by atoms with van der Waals surface area (Å²) in [6.07, 6.45) is 4.98. The summed E-state index contributed by atoms with van der Waals surface area (Å²) in [7, 11) is 5.92. The molecule has 3 fully saturated rings. The van der Waals surface area contributed by atoms with Gasteiger partial charge in [0, 0.05) is 5.54 Å². The van der Waals surface area contributed by atoms with Crippen molar-refractivity contribution in [1.82, 2.24) is 4.81 Å². The van der Waals surface area contributed by atoms with E-state index in [2.05, 4.69) is 0 Å². The van der Waals surface area contributed by atoms with Crippen molar-refractivity contribution < 1.29 is 4.74 Å². The first-order valence-corrected chi connectivity index (χ1v) is 3.97. The second-order valence-corrected chi connectivity index (χ2v) is 3.83. The molecule has 3 heteroatoms. The summed E-state index contributed by atoms with van der Waals surface area (Å²) in [5, 5.41) is 0. The molecular weight excluding hydrogens is 125 g/mol. The summed E-state index contributed by atoms with van der Waals surface area (Å²) in [6.45, 7) is 0.866. The Bertz CT molecular complexity index is 166. The van der Waals surface area contributed by atoms with Crippen molar-refractivity contribution in [1.29, 1.82) is 0 Å². The molecule has 0 aromatic rings. The molecule has 3 rings (SSSR count). The van der Waals surface area contributed by atoms with E-state index in [0.717, 1.165) is 13.0 Å². The Morgan fingerprint density at radius 1 is 1.20 bits per heavy atom. The van der Waals surface area contributed by atoms with Crippen LogP contribution in [0.15, 0.2) is 0 Å². The average Bonchev–Trinajstić information content (AvgIpc) is 2.81. The molecule has 1 aliphatic carbocycles. The molecule has 0 amide bonds. The maximum atomic E-state index is 5.92. The zero-order valence-electron chi connectivity index (χ0n) is 5.97. The lowest BCUT2D eigenvalue weighted by atomic mass is 10.1. The molecule has 2 heterocycles. The fraction of sp³-hybridized carbons (Fsp3) is 1.00. The van der Waals surface area contributed by atoms with E-state index < -0.39 is 0 Å². The van der Waals surface area contributed by atoms with Gasteiger partial charge in [-0.15, -0.1) is 0 Å². The molecule has 1 saturated carbocycles. The van der Waals surface area contributed by atoms with Crippen molar-refractivity contribution in [2.75, 3.05) is 6.61 Å². The predicted molar refractivity (Wildman–Crippen MR) is 37.5 cm³/mol. The first kappa shape index (κ1) is 5.61. The van der Waals surface area contributed by atoms with Crippen LogP contribution in [0.1, 0.15) is 25.7 Å². The van der Waals surface area contributed by atoms with E-state index >= 15 is 0 Å². The number of hydrogen-bond donors (Lipinski definition) is 0. The molecule has 2 saturated heterocycles. The zero-order chi connectivity index (χ0) is 6.82. The minimum absolute atomic E-state index is 0.0104. The van der Waals surface area contributed by atoms with Gasteiger partial charge in [0.15, 0.2) is 7.98 Å². The van der Waals surface area contributed by atoms with Gasteiger partial charge in [-0.05, 0) is 25.7 Å². The Balaban J connectivity index is 1.94. The molecule has 0 bridgehead atoms. The van der Waals surface area contributed by atoms with E-state index in [1.54, 1.807) is 0 Å². The van der Waals surface area contributed by atoms with Gasteiger partial charge in [0.05, 0.1) is 6.61 Å². The van der Waals surface area contributed by atoms with Gasteiger partial charge >= 0.3 is 0 Å². The highest BCUT2D eigenvalue weighted by Gasteiger charge is 2.64. The van der Waals surface area contributed by atoms with Crippen LogP contribution in [0, 0.1) is 0 Å². The quantitative estimate of drug-likeness (QED) is 0.353. The number of nitrogens with zero attached hydrogens (tertiary/aromatic N) is 1. The van der Waals surface area contributed by atoms with Crippen molar-refractivity contribution >= 4 is 7.98 Å². The topological polar surface area (TPSA) is 15.8 Å². The minimum Gasteiger partial charge on any atom is -0.355 e. The van der Waals surface area contributed by atoms with Crippen molar-refractivity contribution in [3.8, 4) is 0 Å². The summed E-state index contributed by atoms with van der Waals surface area (Å²) < 4.78 is 5.35. The summed E-state index contributed by atoms with van der Waals surface area (Å²) in [6, 6.07) is 0. The Hall–Kier alpha value is -0.0151. The van der Waals surface area contributed by atoms with E-state index in [4.69, 9.17) is 12.7 Å². The van der Waals surface area contributed by atoms with Crippen LogP contribution in [-0.2, 0) is 4.74 Å². The van der Waals surface area contributed by atoms with E-state index in [1.807, 2.05) is 4.81 Å². The van der Waals surface area contributed by atoms with Crippen molar-refractivity contribution in [2.24, 2.45) is 0 Å². The summed E-state index contributed by atoms with van der Waals surface area (Å²) in [5.74, 6) is 0. The highest BCUT2D eigenvalue weighted by molar-refractivity contribution is 6.06. The number of rotatable bonds is 0. The maximum absolute atomic E-state index is 5.92. The summed E-state index contributed by atoms with van der Waals surface area (Å²) in [4.78, 5) is 1.99. The zero-order valence-corrected chi connectivity index (χ0v) is 5.97. The van der Waals surface area contributed by atoms with Crippen molar-refractivity contribution in [3.63, 3.8) is 0 Å². The van der Waals surface area contributed by atoms with E-state index in [1.165, 1.54) is 19.3 Å². The van der Waals surface area contributed by atoms with Crippen molar-refractivity contribution in [2.45, 2.75) is 36.9 Å². The highest BCUT2D eigenvalue weighted by atomic mass is 16.6. The third kappa shape index (κ3) is 0.464. The molecule has 2 spiro atoms. The molecule has 52 valence electrons. The number of ether oxygens (including phenoxy) is 1. The van der Waals surface area contributed by atoms with Crippen LogP contribution in [0.2, 0.25) is 0 Å². The van der Waals surface area contributed by atoms with Gasteiger partial charge in [-0.3, -0.25) is 0 Å². The second kappa shape index (κ2) is 1.30. The van der Waals surface area contributed by atoms with E-state index in [0.29, 0.717) is 5.54 Å². The molecule has 3 aliphatic rings. The van der Waals surface area contributed by atoms with Gasteiger partial charge in [0.2, 0.25) is 0 Å². The van der Waals surface area contributed by atoms with Crippen LogP contribution in [-0.4, -0.2) is 30.7 Å². The lowest BCUT2D eigenvalue weighted by molar-refractivity contribution is 0.173. The molecule has 0 N–H and O–H groups in total. The van der Waals surface area contributed by atoms with Gasteiger partial charge in [0.25, 0.3) is 0 Å². The minimum atomic E-state index is 0.0104. The smallest absolute Gasteiger partial charge is 0.187 e. The maximum Gasteiger partial charge on any atom is 0.187 e. The Labute approximate surface area is 62.0 Å². The normalized spacial score (nSPS) is 48.8. The van der Waals surface area contributed by atoms with Gasteiger partial charge in [0.1, 0.15) is 5.72 Å². The Kier molecular flexibility index (Phi) is 0.730. The van der Waals surface area contributed by atoms with Crippen molar-refractivity contribution in [3.05, 3.63) is 0 Å². The molecule has 1 atom stereocenters. The fourth-order valence-corrected chi connectivity index (χ4v) is 2.10. The number of epoxide rings is 1. The monoisotopic (exact) mass is 135 g/mol. The summed E-state index contributed by atoms with van der Waals surface area (Å²) in [5.41, 5.74) is 0.396. The second-order valence-electron chi connectivity index (χ2n) is 3.83. The first-order chi connectivity index (χ1) is 4.78. The van der Waals surface area contributed by atoms with Gasteiger partial charge < -0.3 is 9.55 Å². The molecule has 2 radical (unpaired) electrons. The molecule has 2 nitrogen and oxygen atoms in total. The standard InChI is InChI=1S/C7H10BNO/c8-9-6(1-2-6)3-4-7(9)5-10-7/h1-5H2. The largest absolute Gasteiger partial charge is 0.355 e. The third-order valence-corrected chi connectivity index (χ3v) is 3.24. The Morgan fingerprint density at radius 2 is 1.80 bits per heavy atom. The Morgan fingerprint density at radius 3 is 2.10 bits per heavy atom. The van der Waals surface area contributed by atoms with Crippen LogP contribution in [0.4, 0.5) is 0 Å². The molecule has 0 aromatic heterocycles. The molecule has 2 aliphatic heterocycles. The van der Waals surface area contributed by atoms with Gasteiger partial charge in [-0.2, -0.15) is 0 Å². The number of hydrogen-bond acceptors (Lipinski definition) is 2. The van der Waals surface area contributed by atoms with Crippen LogP contribution in [0.5, 0.6) is 0 Å². The van der Waals surface area contributed by atoms with Crippen LogP contribution < -0.4 is 0 Å². The van der Waals surface area contributed by atoms with Crippen LogP contribution >= 0.6 is 0 Å². The SMILES string of the molecule is [B]N1C2(CC2)CCC12CO2. The molecule has 0 aromatic carbocycles. The van der Waals surface area contributed by atoms with Gasteiger partial charge in [-0.1, -0.05) is 0 Å². The van der Waals surface area contributed by atoms with E-state index in [-0.39, 0.29) is 5.72 Å². The summed E-state index contributed by atoms with van der Waals surface area (Å²) >= 11 is 0. The average molecular weight is 135 g/mol. The highest BCUT2D eigenvalue weighted by Crippen LogP contribution is 2.58. The lowest BCUT2D eigenvalue weighted by Gasteiger charge is -2.22. The fourth-order valence-electron chi connectivity index (χ4n) is 2.10. The van der Waals surface area contributed by atoms with Crippen LogP contribution in [0.25, 0.3) is 0 Å². The third-order valence-electron chi connectivity index (χ3n) is 3.24. The predicted octanol–water partition coefficient (Wildman–Crippen LogP) is 0.425. The first-order valence-electron chi connectivity index (χ1n) is 3.97. The molecule has 1 unspecified atom stereocenters. The molecular formula is C7H10BNO. The lowest BCUT2D eigenvalue weighted by Crippen LogP contribution is -2.37. The van der Waals surface area contributed by atoms with Crippen LogP contribution in [0.3, 0.4) is 0 Å². The molecule has 10 heavy (non-hydrogen) atoms. The van der Waals surface area contributed by atoms with E-state index in [9.17, 15) is 0 Å².